The molecule has 4 rings (SSSR count). The SMILES string of the molecule is O=C(Nc1ccc(CO)cc1)C1C2C3CCC(C3)C12. The number of carbonyl (C=O) groups is 1. The molecule has 4 atom stereocenters. The predicted molar refractivity (Wildman–Crippen MR) is 72.3 cm³/mol. The number of nitrogens with one attached hydrogen (secondary N) is 1. The van der Waals surface area contributed by atoms with Crippen molar-refractivity contribution in [1.29, 1.82) is 0 Å². The van der Waals surface area contributed by atoms with Gasteiger partial charge in [0.1, 0.15) is 0 Å². The monoisotopic (exact) mass is 257 g/mol. The van der Waals surface area contributed by atoms with Crippen LogP contribution in [0.3, 0.4) is 0 Å². The van der Waals surface area contributed by atoms with Crippen molar-refractivity contribution in [2.75, 3.05) is 5.32 Å². The van der Waals surface area contributed by atoms with E-state index in [1.807, 2.05) is 24.3 Å². The molecule has 3 saturated carbocycles. The standard InChI is InChI=1S/C16H19NO2/c18-8-9-1-5-12(6-2-9)17-16(19)15-13-10-3-4-11(7-10)14(13)15/h1-2,5-6,10-11,13-15,18H,3-4,7-8H2,(H,17,19). The zero-order valence-electron chi connectivity index (χ0n) is 10.9. The molecule has 100 valence electrons. The smallest absolute Gasteiger partial charge is 0.228 e. The van der Waals surface area contributed by atoms with Crippen molar-refractivity contribution in [3.8, 4) is 0 Å². The second kappa shape index (κ2) is 4.07. The van der Waals surface area contributed by atoms with Gasteiger partial charge in [0.25, 0.3) is 0 Å². The van der Waals surface area contributed by atoms with Crippen molar-refractivity contribution in [1.82, 2.24) is 0 Å². The molecule has 3 aliphatic rings. The molecule has 1 aromatic carbocycles. The van der Waals surface area contributed by atoms with Gasteiger partial charge >= 0.3 is 0 Å². The Morgan fingerprint density at radius 3 is 2.37 bits per heavy atom. The number of aliphatic hydroxyl groups excluding tert-OH is 1. The van der Waals surface area contributed by atoms with Crippen LogP contribution in [0.5, 0.6) is 0 Å². The fourth-order valence-electron chi connectivity index (χ4n) is 4.59. The fraction of sp³-hybridized carbons (Fsp3) is 0.562. The maximum atomic E-state index is 12.3. The summed E-state index contributed by atoms with van der Waals surface area (Å²) in [7, 11) is 0. The number of anilines is 1. The Balaban J connectivity index is 1.42. The molecule has 0 spiro atoms. The quantitative estimate of drug-likeness (QED) is 0.873. The summed E-state index contributed by atoms with van der Waals surface area (Å²) in [6, 6.07) is 7.45. The molecule has 0 heterocycles. The second-order valence-corrected chi connectivity index (χ2v) is 6.36. The summed E-state index contributed by atoms with van der Waals surface area (Å²) in [5.41, 5.74) is 1.72. The van der Waals surface area contributed by atoms with Crippen molar-refractivity contribution < 1.29 is 9.90 Å². The largest absolute Gasteiger partial charge is 0.392 e. The van der Waals surface area contributed by atoms with Gasteiger partial charge in [0.15, 0.2) is 0 Å². The summed E-state index contributed by atoms with van der Waals surface area (Å²) in [6.07, 6.45) is 4.08. The highest BCUT2D eigenvalue weighted by atomic mass is 16.3. The lowest BCUT2D eigenvalue weighted by Gasteiger charge is -2.10. The van der Waals surface area contributed by atoms with Crippen LogP contribution in [0.2, 0.25) is 0 Å². The molecule has 0 radical (unpaired) electrons. The Hall–Kier alpha value is -1.35. The van der Waals surface area contributed by atoms with Gasteiger partial charge in [0.2, 0.25) is 5.91 Å². The van der Waals surface area contributed by atoms with Gasteiger partial charge in [-0.05, 0) is 60.6 Å². The third-order valence-electron chi connectivity index (χ3n) is 5.44. The van der Waals surface area contributed by atoms with Crippen LogP contribution >= 0.6 is 0 Å². The van der Waals surface area contributed by atoms with E-state index in [1.165, 1.54) is 19.3 Å². The van der Waals surface area contributed by atoms with Gasteiger partial charge in [-0.3, -0.25) is 4.79 Å². The van der Waals surface area contributed by atoms with Gasteiger partial charge in [-0.25, -0.2) is 0 Å². The van der Waals surface area contributed by atoms with E-state index in [1.54, 1.807) is 0 Å². The van der Waals surface area contributed by atoms with Crippen LogP contribution in [0, 0.1) is 29.6 Å². The van der Waals surface area contributed by atoms with E-state index in [4.69, 9.17) is 5.11 Å². The molecule has 2 N–H and O–H groups in total. The first-order valence-corrected chi connectivity index (χ1v) is 7.28. The molecule has 0 aliphatic heterocycles. The first-order valence-electron chi connectivity index (χ1n) is 7.28. The zero-order valence-corrected chi connectivity index (χ0v) is 10.9. The summed E-state index contributed by atoms with van der Waals surface area (Å²) in [4.78, 5) is 12.3. The topological polar surface area (TPSA) is 49.3 Å². The molecule has 2 bridgehead atoms. The summed E-state index contributed by atoms with van der Waals surface area (Å²) in [5.74, 6) is 3.54. The van der Waals surface area contributed by atoms with Crippen molar-refractivity contribution >= 4 is 11.6 Å². The molecular formula is C16H19NO2. The van der Waals surface area contributed by atoms with Gasteiger partial charge in [-0.15, -0.1) is 0 Å². The molecule has 1 aromatic rings. The highest BCUT2D eigenvalue weighted by Gasteiger charge is 2.67. The average Bonchev–Trinajstić information content (AvgIpc) is 2.89. The van der Waals surface area contributed by atoms with Crippen LogP contribution in [0.25, 0.3) is 0 Å². The van der Waals surface area contributed by atoms with Crippen molar-refractivity contribution in [3.05, 3.63) is 29.8 Å². The number of aliphatic hydroxyl groups is 1. The van der Waals surface area contributed by atoms with Gasteiger partial charge in [-0.1, -0.05) is 12.1 Å². The summed E-state index contributed by atoms with van der Waals surface area (Å²) in [6.45, 7) is 0.0460. The average molecular weight is 257 g/mol. The van der Waals surface area contributed by atoms with Crippen molar-refractivity contribution in [3.63, 3.8) is 0 Å². The number of hydrogen-bond acceptors (Lipinski definition) is 2. The number of benzene rings is 1. The lowest BCUT2D eigenvalue weighted by Crippen LogP contribution is -2.18. The van der Waals surface area contributed by atoms with Crippen LogP contribution in [0.15, 0.2) is 24.3 Å². The molecule has 3 aliphatic carbocycles. The number of carbonyl (C=O) groups excluding carboxylic acids is 1. The Morgan fingerprint density at radius 2 is 1.79 bits per heavy atom. The van der Waals surface area contributed by atoms with Crippen LogP contribution in [0.1, 0.15) is 24.8 Å². The van der Waals surface area contributed by atoms with E-state index < -0.39 is 0 Å². The maximum Gasteiger partial charge on any atom is 0.228 e. The van der Waals surface area contributed by atoms with Crippen LogP contribution in [-0.2, 0) is 11.4 Å². The Kier molecular flexibility index (Phi) is 2.46. The first-order chi connectivity index (χ1) is 9.28. The third kappa shape index (κ3) is 1.71. The molecule has 3 fully saturated rings. The molecule has 0 saturated heterocycles. The number of fused-ring (bicyclic) bond motifs is 5. The highest BCUT2D eigenvalue weighted by molar-refractivity contribution is 5.95. The van der Waals surface area contributed by atoms with Gasteiger partial charge in [0.05, 0.1) is 6.61 Å². The van der Waals surface area contributed by atoms with E-state index in [9.17, 15) is 4.79 Å². The fourth-order valence-corrected chi connectivity index (χ4v) is 4.59. The van der Waals surface area contributed by atoms with E-state index in [2.05, 4.69) is 5.32 Å². The van der Waals surface area contributed by atoms with Gasteiger partial charge in [0, 0.05) is 11.6 Å². The third-order valence-corrected chi connectivity index (χ3v) is 5.44. The molecule has 1 amide bonds. The zero-order chi connectivity index (χ0) is 13.0. The number of hydrogen-bond donors (Lipinski definition) is 2. The maximum absolute atomic E-state index is 12.3. The lowest BCUT2D eigenvalue weighted by atomic mass is 10.0. The van der Waals surface area contributed by atoms with Crippen LogP contribution in [0.4, 0.5) is 5.69 Å². The first kappa shape index (κ1) is 11.5. The normalized spacial score (nSPS) is 38.1. The minimum absolute atomic E-state index is 0.0460. The number of rotatable bonds is 3. The Bertz CT molecular complexity index is 494. The highest BCUT2D eigenvalue weighted by Crippen LogP contribution is 2.69. The molecule has 0 aromatic heterocycles. The predicted octanol–water partition coefficient (Wildman–Crippen LogP) is 2.41. The second-order valence-electron chi connectivity index (χ2n) is 6.36. The lowest BCUT2D eigenvalue weighted by molar-refractivity contribution is -0.118. The van der Waals surface area contributed by atoms with E-state index in [-0.39, 0.29) is 18.4 Å². The summed E-state index contributed by atoms with van der Waals surface area (Å²) in [5, 5.41) is 12.0. The molecule has 3 heteroatoms. The van der Waals surface area contributed by atoms with Gasteiger partial charge < -0.3 is 10.4 Å². The van der Waals surface area contributed by atoms with E-state index >= 15 is 0 Å². The number of amides is 1. The Morgan fingerprint density at radius 1 is 1.16 bits per heavy atom. The van der Waals surface area contributed by atoms with Gasteiger partial charge in [-0.2, -0.15) is 0 Å². The minimum atomic E-state index is 0.0460. The van der Waals surface area contributed by atoms with Crippen molar-refractivity contribution in [2.45, 2.75) is 25.9 Å². The van der Waals surface area contributed by atoms with E-state index in [0.29, 0.717) is 11.8 Å². The molecule has 3 nitrogen and oxygen atoms in total. The van der Waals surface area contributed by atoms with Crippen molar-refractivity contribution in [2.24, 2.45) is 29.6 Å². The summed E-state index contributed by atoms with van der Waals surface area (Å²) < 4.78 is 0. The van der Waals surface area contributed by atoms with Crippen LogP contribution in [-0.4, -0.2) is 11.0 Å². The minimum Gasteiger partial charge on any atom is -0.392 e. The summed E-state index contributed by atoms with van der Waals surface area (Å²) >= 11 is 0. The van der Waals surface area contributed by atoms with Crippen LogP contribution < -0.4 is 5.32 Å². The molecule has 4 unspecified atom stereocenters. The molecule has 19 heavy (non-hydrogen) atoms. The Labute approximate surface area is 113 Å². The van der Waals surface area contributed by atoms with E-state index in [0.717, 1.165) is 23.1 Å². The molecular weight excluding hydrogens is 238 g/mol.